The third-order valence-electron chi connectivity index (χ3n) is 4.90. The van der Waals surface area contributed by atoms with Crippen molar-refractivity contribution in [1.29, 1.82) is 0 Å². The number of aromatic hydroxyl groups is 1. The molecule has 26 heavy (non-hydrogen) atoms. The summed E-state index contributed by atoms with van der Waals surface area (Å²) in [6.07, 6.45) is 3.22. The summed E-state index contributed by atoms with van der Waals surface area (Å²) in [5.41, 5.74) is 9.73. The number of H-pyrrole nitrogens is 1. The lowest BCUT2D eigenvalue weighted by atomic mass is 9.83. The van der Waals surface area contributed by atoms with Crippen molar-refractivity contribution in [2.75, 3.05) is 0 Å². The van der Waals surface area contributed by atoms with E-state index in [2.05, 4.69) is 29.3 Å². The molecule has 0 aliphatic heterocycles. The van der Waals surface area contributed by atoms with Crippen LogP contribution in [0.2, 0.25) is 0 Å². The van der Waals surface area contributed by atoms with Crippen molar-refractivity contribution < 1.29 is 5.11 Å². The number of aromatic amines is 1. The van der Waals surface area contributed by atoms with E-state index in [0.29, 0.717) is 6.42 Å². The number of phenolic OH excluding ortho intramolecular Hbond substituents is 1. The fraction of sp³-hybridized carbons (Fsp3) is 0.200. The molecular formula is C20H21ClN4O. The summed E-state index contributed by atoms with van der Waals surface area (Å²) in [7, 11) is 0. The zero-order valence-electron chi connectivity index (χ0n) is 14.4. The van der Waals surface area contributed by atoms with E-state index in [1.165, 1.54) is 0 Å². The van der Waals surface area contributed by atoms with Crippen LogP contribution in [0.5, 0.6) is 5.75 Å². The molecule has 2 aromatic heterocycles. The molecule has 0 aliphatic rings. The number of rotatable bonds is 4. The first-order valence-electron chi connectivity index (χ1n) is 8.40. The molecule has 0 saturated heterocycles. The SMILES string of the molecule is CCC(N)(Cc1nc2cc(O)ccc2c2c[nH]nc12)c1ccccc1.Cl. The fourth-order valence-corrected chi connectivity index (χ4v) is 3.38. The van der Waals surface area contributed by atoms with E-state index in [1.54, 1.807) is 12.1 Å². The summed E-state index contributed by atoms with van der Waals surface area (Å²) in [6.45, 7) is 2.08. The van der Waals surface area contributed by atoms with Gasteiger partial charge in [0, 0.05) is 35.0 Å². The lowest BCUT2D eigenvalue weighted by molar-refractivity contribution is 0.422. The Kier molecular flexibility index (Phi) is 4.85. The predicted molar refractivity (Wildman–Crippen MR) is 107 cm³/mol. The molecule has 0 spiro atoms. The standard InChI is InChI=1S/C20H20N4O.ClH/c1-2-20(21,13-6-4-3-5-7-13)11-18-19-16(12-22-24-19)15-9-8-14(25)10-17(15)23-18;/h3-10,12,25H,2,11,21H2,1H3,(H,22,24);1H. The van der Waals surface area contributed by atoms with E-state index >= 15 is 0 Å². The van der Waals surface area contributed by atoms with Gasteiger partial charge < -0.3 is 10.8 Å². The molecule has 1 atom stereocenters. The highest BCUT2D eigenvalue weighted by Gasteiger charge is 2.28. The number of phenols is 1. The second kappa shape index (κ2) is 6.94. The van der Waals surface area contributed by atoms with Gasteiger partial charge in [-0.05, 0) is 24.1 Å². The molecule has 0 fully saturated rings. The molecule has 0 bridgehead atoms. The lowest BCUT2D eigenvalue weighted by Gasteiger charge is -2.28. The molecule has 2 aromatic carbocycles. The maximum Gasteiger partial charge on any atom is 0.117 e. The first-order chi connectivity index (χ1) is 12.1. The third kappa shape index (κ3) is 3.00. The van der Waals surface area contributed by atoms with Gasteiger partial charge in [0.2, 0.25) is 0 Å². The van der Waals surface area contributed by atoms with E-state index in [1.807, 2.05) is 30.5 Å². The Hall–Kier alpha value is -2.63. The summed E-state index contributed by atoms with van der Waals surface area (Å²) in [5.74, 6) is 0.200. The van der Waals surface area contributed by atoms with Crippen molar-refractivity contribution >= 4 is 34.2 Å². The van der Waals surface area contributed by atoms with E-state index in [9.17, 15) is 5.11 Å². The first-order valence-corrected chi connectivity index (χ1v) is 8.40. The van der Waals surface area contributed by atoms with E-state index in [0.717, 1.165) is 39.5 Å². The summed E-state index contributed by atoms with van der Waals surface area (Å²) < 4.78 is 0. The molecule has 0 saturated carbocycles. The van der Waals surface area contributed by atoms with Crippen LogP contribution in [0.15, 0.2) is 54.7 Å². The number of nitrogens with two attached hydrogens (primary N) is 1. The molecule has 4 N–H and O–H groups in total. The zero-order valence-corrected chi connectivity index (χ0v) is 15.3. The minimum atomic E-state index is -0.523. The largest absolute Gasteiger partial charge is 0.508 e. The molecule has 0 amide bonds. The van der Waals surface area contributed by atoms with Gasteiger partial charge in [0.05, 0.1) is 11.2 Å². The molecule has 1 unspecified atom stereocenters. The van der Waals surface area contributed by atoms with Crippen molar-refractivity contribution in [3.63, 3.8) is 0 Å². The van der Waals surface area contributed by atoms with Crippen molar-refractivity contribution in [1.82, 2.24) is 15.2 Å². The van der Waals surface area contributed by atoms with E-state index in [-0.39, 0.29) is 18.2 Å². The van der Waals surface area contributed by atoms with Crippen LogP contribution in [-0.2, 0) is 12.0 Å². The van der Waals surface area contributed by atoms with Gasteiger partial charge in [0.1, 0.15) is 11.3 Å². The highest BCUT2D eigenvalue weighted by molar-refractivity contribution is 6.05. The highest BCUT2D eigenvalue weighted by atomic mass is 35.5. The molecule has 2 heterocycles. The van der Waals surface area contributed by atoms with Crippen molar-refractivity contribution in [3.8, 4) is 5.75 Å². The molecule has 6 heteroatoms. The Morgan fingerprint density at radius 2 is 1.88 bits per heavy atom. The van der Waals surface area contributed by atoms with Crippen LogP contribution < -0.4 is 5.73 Å². The molecule has 134 valence electrons. The Labute approximate surface area is 157 Å². The van der Waals surface area contributed by atoms with Crippen LogP contribution in [-0.4, -0.2) is 20.3 Å². The topological polar surface area (TPSA) is 87.8 Å². The number of pyridine rings is 1. The van der Waals surface area contributed by atoms with Crippen LogP contribution in [0.25, 0.3) is 21.8 Å². The van der Waals surface area contributed by atoms with Gasteiger partial charge in [-0.3, -0.25) is 10.1 Å². The third-order valence-corrected chi connectivity index (χ3v) is 4.90. The van der Waals surface area contributed by atoms with E-state index < -0.39 is 5.54 Å². The van der Waals surface area contributed by atoms with E-state index in [4.69, 9.17) is 10.7 Å². The van der Waals surface area contributed by atoms with Gasteiger partial charge in [-0.15, -0.1) is 12.4 Å². The number of nitrogens with zero attached hydrogens (tertiary/aromatic N) is 2. The predicted octanol–water partition coefficient (Wildman–Crippen LogP) is 4.05. The number of hydrogen-bond donors (Lipinski definition) is 3. The van der Waals surface area contributed by atoms with Gasteiger partial charge in [-0.1, -0.05) is 37.3 Å². The van der Waals surface area contributed by atoms with Crippen molar-refractivity contribution in [3.05, 3.63) is 66.0 Å². The summed E-state index contributed by atoms with van der Waals surface area (Å²) in [6, 6.07) is 15.3. The number of aromatic nitrogens is 3. The maximum absolute atomic E-state index is 9.81. The molecule has 4 aromatic rings. The Morgan fingerprint density at radius 3 is 2.62 bits per heavy atom. The van der Waals surface area contributed by atoms with Crippen LogP contribution in [0.1, 0.15) is 24.6 Å². The second-order valence-corrected chi connectivity index (χ2v) is 6.46. The molecule has 0 radical (unpaired) electrons. The summed E-state index contributed by atoms with van der Waals surface area (Å²) in [4.78, 5) is 4.77. The quantitative estimate of drug-likeness (QED) is 0.507. The number of hydrogen-bond acceptors (Lipinski definition) is 4. The van der Waals surface area contributed by atoms with Gasteiger partial charge in [-0.25, -0.2) is 0 Å². The van der Waals surface area contributed by atoms with Gasteiger partial charge >= 0.3 is 0 Å². The maximum atomic E-state index is 9.81. The Morgan fingerprint density at radius 1 is 1.12 bits per heavy atom. The Bertz CT molecular complexity index is 1050. The highest BCUT2D eigenvalue weighted by Crippen LogP contribution is 2.32. The van der Waals surface area contributed by atoms with Crippen molar-refractivity contribution in [2.24, 2.45) is 5.73 Å². The molecule has 5 nitrogen and oxygen atoms in total. The first kappa shape index (κ1) is 18.2. The smallest absolute Gasteiger partial charge is 0.117 e. The fourth-order valence-electron chi connectivity index (χ4n) is 3.38. The van der Waals surface area contributed by atoms with Crippen LogP contribution in [0.3, 0.4) is 0 Å². The average molecular weight is 369 g/mol. The monoisotopic (exact) mass is 368 g/mol. The molecule has 0 aliphatic carbocycles. The molecule has 4 rings (SSSR count). The second-order valence-electron chi connectivity index (χ2n) is 6.46. The van der Waals surface area contributed by atoms with Crippen LogP contribution >= 0.6 is 12.4 Å². The summed E-state index contributed by atoms with van der Waals surface area (Å²) >= 11 is 0. The van der Waals surface area contributed by atoms with Crippen LogP contribution in [0, 0.1) is 0 Å². The van der Waals surface area contributed by atoms with Gasteiger partial charge in [0.25, 0.3) is 0 Å². The van der Waals surface area contributed by atoms with Gasteiger partial charge in [0.15, 0.2) is 0 Å². The molecular weight excluding hydrogens is 348 g/mol. The minimum Gasteiger partial charge on any atom is -0.508 e. The van der Waals surface area contributed by atoms with Crippen LogP contribution in [0.4, 0.5) is 0 Å². The minimum absolute atomic E-state index is 0. The normalized spacial score (nSPS) is 13.5. The van der Waals surface area contributed by atoms with Gasteiger partial charge in [-0.2, -0.15) is 5.10 Å². The zero-order chi connectivity index (χ0) is 17.4. The summed E-state index contributed by atoms with van der Waals surface area (Å²) in [5, 5.41) is 19.1. The Balaban J connectivity index is 0.00000196. The number of nitrogens with one attached hydrogen (secondary N) is 1. The number of fused-ring (bicyclic) bond motifs is 3. The van der Waals surface area contributed by atoms with Crippen molar-refractivity contribution in [2.45, 2.75) is 25.3 Å². The lowest BCUT2D eigenvalue weighted by Crippen LogP contribution is -2.38. The number of benzene rings is 2. The number of halogens is 1. The average Bonchev–Trinajstić information content (AvgIpc) is 3.12.